The zero-order chi connectivity index (χ0) is 11.5. The minimum atomic E-state index is -0.391. The van der Waals surface area contributed by atoms with Crippen molar-refractivity contribution in [2.24, 2.45) is 0 Å². The van der Waals surface area contributed by atoms with Crippen LogP contribution in [-0.4, -0.2) is 17.3 Å². The van der Waals surface area contributed by atoms with Crippen molar-refractivity contribution in [2.45, 2.75) is 25.8 Å². The predicted octanol–water partition coefficient (Wildman–Crippen LogP) is 3.18. The summed E-state index contributed by atoms with van der Waals surface area (Å²) in [4.78, 5) is 11.7. The molecule has 0 aliphatic carbocycles. The van der Waals surface area contributed by atoms with E-state index in [4.69, 9.17) is 16.0 Å². The monoisotopic (exact) mass is 293 g/mol. The summed E-state index contributed by atoms with van der Waals surface area (Å²) in [5.41, 5.74) is -0.391. The molecule has 1 atom stereocenters. The Morgan fingerprint density at radius 2 is 2.33 bits per heavy atom. The number of carbonyl (C=O) groups is 1. The Balaban J connectivity index is 2.71. The van der Waals surface area contributed by atoms with Crippen molar-refractivity contribution in [1.29, 1.82) is 0 Å². The molecule has 0 fully saturated rings. The molecule has 0 bridgehead atoms. The largest absolute Gasteiger partial charge is 0.444 e. The summed E-state index contributed by atoms with van der Waals surface area (Å²) in [7, 11) is 0. The van der Waals surface area contributed by atoms with E-state index in [0.717, 1.165) is 6.42 Å². The Bertz CT molecular complexity index is 347. The first-order valence-electron chi connectivity index (χ1n) is 4.64. The van der Waals surface area contributed by atoms with Crippen molar-refractivity contribution in [3.8, 4) is 0 Å². The van der Waals surface area contributed by atoms with Gasteiger partial charge in [0.2, 0.25) is 0 Å². The molecule has 0 saturated heterocycles. The molecule has 1 aromatic rings. The van der Waals surface area contributed by atoms with Gasteiger partial charge in [-0.05, 0) is 41.4 Å². The molecule has 1 rings (SSSR count). The molecular formula is C10H13BrClNO2. The normalized spacial score (nSPS) is 14.7. The minimum absolute atomic E-state index is 0.245. The van der Waals surface area contributed by atoms with Gasteiger partial charge >= 0.3 is 0 Å². The fraction of sp³-hybridized carbons (Fsp3) is 0.500. The van der Waals surface area contributed by atoms with E-state index >= 15 is 0 Å². The quantitative estimate of drug-likeness (QED) is 0.867. The van der Waals surface area contributed by atoms with Crippen LogP contribution in [0.1, 0.15) is 30.8 Å². The van der Waals surface area contributed by atoms with Gasteiger partial charge in [0.15, 0.2) is 10.4 Å². The Morgan fingerprint density at radius 3 is 2.73 bits per heavy atom. The standard InChI is InChI=1S/C10H13BrClNO2/c1-3-10(2,6-12)13-9(14)7-4-5-8(11)15-7/h4-5H,3,6H2,1-2H3,(H,13,14). The number of rotatable bonds is 4. The summed E-state index contributed by atoms with van der Waals surface area (Å²) in [6, 6.07) is 3.29. The highest BCUT2D eigenvalue weighted by atomic mass is 79.9. The summed E-state index contributed by atoms with van der Waals surface area (Å²) in [5, 5.41) is 2.84. The van der Waals surface area contributed by atoms with E-state index in [1.54, 1.807) is 12.1 Å². The van der Waals surface area contributed by atoms with E-state index in [1.165, 1.54) is 0 Å². The van der Waals surface area contributed by atoms with E-state index in [2.05, 4.69) is 21.2 Å². The molecule has 0 saturated carbocycles. The second-order valence-electron chi connectivity index (χ2n) is 3.61. The van der Waals surface area contributed by atoms with Crippen LogP contribution < -0.4 is 5.32 Å². The van der Waals surface area contributed by atoms with E-state index < -0.39 is 5.54 Å². The third-order valence-electron chi connectivity index (χ3n) is 2.29. The van der Waals surface area contributed by atoms with Gasteiger partial charge in [-0.2, -0.15) is 0 Å². The molecule has 3 nitrogen and oxygen atoms in total. The third kappa shape index (κ3) is 3.24. The van der Waals surface area contributed by atoms with Gasteiger partial charge in [-0.15, -0.1) is 11.6 Å². The molecule has 1 unspecified atom stereocenters. The first kappa shape index (κ1) is 12.6. The van der Waals surface area contributed by atoms with Gasteiger partial charge in [0.1, 0.15) is 0 Å². The van der Waals surface area contributed by atoms with E-state index in [-0.39, 0.29) is 11.7 Å². The molecule has 0 radical (unpaired) electrons. The molecule has 0 aliphatic heterocycles. The van der Waals surface area contributed by atoms with E-state index in [1.807, 2.05) is 13.8 Å². The highest BCUT2D eigenvalue weighted by molar-refractivity contribution is 9.10. The number of furan rings is 1. The Hall–Kier alpha value is -0.480. The van der Waals surface area contributed by atoms with Crippen molar-refractivity contribution < 1.29 is 9.21 Å². The number of nitrogens with one attached hydrogen (secondary N) is 1. The number of hydrogen-bond donors (Lipinski definition) is 1. The van der Waals surface area contributed by atoms with Crippen molar-refractivity contribution in [2.75, 3.05) is 5.88 Å². The van der Waals surface area contributed by atoms with Crippen LogP contribution >= 0.6 is 27.5 Å². The van der Waals surface area contributed by atoms with Crippen molar-refractivity contribution in [3.63, 3.8) is 0 Å². The molecule has 15 heavy (non-hydrogen) atoms. The lowest BCUT2D eigenvalue weighted by atomic mass is 10.0. The number of amides is 1. The SMILES string of the molecule is CCC(C)(CCl)NC(=O)c1ccc(Br)o1. The van der Waals surface area contributed by atoms with Crippen LogP contribution in [0.4, 0.5) is 0 Å². The second kappa shape index (κ2) is 5.03. The fourth-order valence-corrected chi connectivity index (χ4v) is 1.55. The first-order valence-corrected chi connectivity index (χ1v) is 5.97. The second-order valence-corrected chi connectivity index (χ2v) is 4.65. The summed E-state index contributed by atoms with van der Waals surface area (Å²) in [6.45, 7) is 3.87. The van der Waals surface area contributed by atoms with Gasteiger partial charge in [0.05, 0.1) is 5.54 Å². The molecule has 84 valence electrons. The average Bonchev–Trinajstić information content (AvgIpc) is 2.65. The van der Waals surface area contributed by atoms with Crippen molar-refractivity contribution in [3.05, 3.63) is 22.6 Å². The van der Waals surface area contributed by atoms with Crippen LogP contribution in [-0.2, 0) is 0 Å². The lowest BCUT2D eigenvalue weighted by molar-refractivity contribution is 0.0882. The van der Waals surface area contributed by atoms with E-state index in [0.29, 0.717) is 10.5 Å². The lowest BCUT2D eigenvalue weighted by Gasteiger charge is -2.26. The van der Waals surface area contributed by atoms with Crippen LogP contribution in [0.5, 0.6) is 0 Å². The maximum absolute atomic E-state index is 11.7. The lowest BCUT2D eigenvalue weighted by Crippen LogP contribution is -2.46. The van der Waals surface area contributed by atoms with Crippen LogP contribution in [0.25, 0.3) is 0 Å². The third-order valence-corrected chi connectivity index (χ3v) is 3.30. The summed E-state index contributed by atoms with van der Waals surface area (Å²) in [5.74, 6) is 0.411. The highest BCUT2D eigenvalue weighted by Gasteiger charge is 2.24. The van der Waals surface area contributed by atoms with Crippen LogP contribution in [0, 0.1) is 0 Å². The highest BCUT2D eigenvalue weighted by Crippen LogP contribution is 2.16. The van der Waals surface area contributed by atoms with Gasteiger partial charge in [-0.1, -0.05) is 6.92 Å². The molecule has 1 amide bonds. The zero-order valence-electron chi connectivity index (χ0n) is 8.64. The average molecular weight is 295 g/mol. The maximum atomic E-state index is 11.7. The topological polar surface area (TPSA) is 42.2 Å². The number of alkyl halides is 1. The number of halogens is 2. The van der Waals surface area contributed by atoms with Gasteiger partial charge in [0, 0.05) is 5.88 Å². The van der Waals surface area contributed by atoms with Gasteiger partial charge in [0.25, 0.3) is 5.91 Å². The summed E-state index contributed by atoms with van der Waals surface area (Å²) >= 11 is 8.93. The zero-order valence-corrected chi connectivity index (χ0v) is 11.0. The number of carbonyl (C=O) groups excluding carboxylic acids is 1. The summed E-state index contributed by atoms with van der Waals surface area (Å²) < 4.78 is 5.68. The van der Waals surface area contributed by atoms with Gasteiger partial charge < -0.3 is 9.73 Å². The van der Waals surface area contributed by atoms with Crippen LogP contribution in [0.3, 0.4) is 0 Å². The number of hydrogen-bond acceptors (Lipinski definition) is 2. The Morgan fingerprint density at radius 1 is 1.67 bits per heavy atom. The van der Waals surface area contributed by atoms with Crippen LogP contribution in [0.2, 0.25) is 0 Å². The Labute approximate surface area is 102 Å². The molecule has 1 heterocycles. The molecule has 1 N–H and O–H groups in total. The molecule has 0 aliphatic rings. The minimum Gasteiger partial charge on any atom is -0.444 e. The van der Waals surface area contributed by atoms with Gasteiger partial charge in [-0.25, -0.2) is 0 Å². The van der Waals surface area contributed by atoms with Crippen molar-refractivity contribution >= 4 is 33.4 Å². The predicted molar refractivity (Wildman–Crippen MR) is 63.3 cm³/mol. The molecule has 5 heteroatoms. The van der Waals surface area contributed by atoms with Crippen molar-refractivity contribution in [1.82, 2.24) is 5.32 Å². The molecule has 1 aromatic heterocycles. The van der Waals surface area contributed by atoms with Gasteiger partial charge in [-0.3, -0.25) is 4.79 Å². The van der Waals surface area contributed by atoms with Crippen LogP contribution in [0.15, 0.2) is 21.2 Å². The fourth-order valence-electron chi connectivity index (χ4n) is 0.988. The molecular weight excluding hydrogens is 281 g/mol. The smallest absolute Gasteiger partial charge is 0.287 e. The first-order chi connectivity index (χ1) is 7.00. The Kier molecular flexibility index (Phi) is 4.22. The maximum Gasteiger partial charge on any atom is 0.287 e. The molecule has 0 aromatic carbocycles. The van der Waals surface area contributed by atoms with E-state index in [9.17, 15) is 4.79 Å². The summed E-state index contributed by atoms with van der Waals surface area (Å²) in [6.07, 6.45) is 0.768. The molecule has 0 spiro atoms.